The van der Waals surface area contributed by atoms with Crippen LogP contribution in [0.3, 0.4) is 0 Å². The first-order valence-corrected chi connectivity index (χ1v) is 5.37. The summed E-state index contributed by atoms with van der Waals surface area (Å²) in [6, 6.07) is 1.20. The number of likely N-dealkylation sites (tertiary alicyclic amines) is 1. The molecule has 6 heteroatoms. The molecule has 1 aromatic heterocycles. The van der Waals surface area contributed by atoms with E-state index in [1.165, 1.54) is 11.0 Å². The molecule has 1 saturated heterocycles. The Morgan fingerprint density at radius 1 is 1.47 bits per heavy atom. The number of β-amino-alcohol motifs (C(OH)–C–C–N with tert-alkyl or cyclic N) is 1. The van der Waals surface area contributed by atoms with E-state index in [9.17, 15) is 14.7 Å². The van der Waals surface area contributed by atoms with Crippen LogP contribution >= 0.6 is 0 Å². The SMILES string of the molecule is O=C(O)c1coc(C(=O)N2CCCC(O)C2)c1. The highest BCUT2D eigenvalue weighted by Gasteiger charge is 2.25. The number of carboxylic acid groups (broad SMARTS) is 1. The Bertz CT molecular complexity index is 439. The van der Waals surface area contributed by atoms with Crippen LogP contribution in [0, 0.1) is 0 Å². The summed E-state index contributed by atoms with van der Waals surface area (Å²) in [6.45, 7) is 0.820. The van der Waals surface area contributed by atoms with Crippen molar-refractivity contribution in [1.82, 2.24) is 4.90 Å². The topological polar surface area (TPSA) is 91.0 Å². The number of rotatable bonds is 2. The van der Waals surface area contributed by atoms with Crippen molar-refractivity contribution in [1.29, 1.82) is 0 Å². The summed E-state index contributed by atoms with van der Waals surface area (Å²) in [5, 5.41) is 18.2. The van der Waals surface area contributed by atoms with Gasteiger partial charge in [-0.1, -0.05) is 0 Å². The molecular weight excluding hydrogens is 226 g/mol. The van der Waals surface area contributed by atoms with Gasteiger partial charge in [-0.25, -0.2) is 4.79 Å². The van der Waals surface area contributed by atoms with Crippen molar-refractivity contribution in [2.24, 2.45) is 0 Å². The molecule has 1 unspecified atom stereocenters. The molecule has 2 heterocycles. The lowest BCUT2D eigenvalue weighted by atomic mass is 10.1. The lowest BCUT2D eigenvalue weighted by Crippen LogP contribution is -2.42. The van der Waals surface area contributed by atoms with Gasteiger partial charge in [0.25, 0.3) is 5.91 Å². The number of hydrogen-bond acceptors (Lipinski definition) is 4. The van der Waals surface area contributed by atoms with Gasteiger partial charge in [0.2, 0.25) is 0 Å². The van der Waals surface area contributed by atoms with Crippen LogP contribution in [-0.2, 0) is 0 Å². The molecule has 1 aliphatic heterocycles. The van der Waals surface area contributed by atoms with Crippen LogP contribution in [0.1, 0.15) is 33.8 Å². The third kappa shape index (κ3) is 2.47. The summed E-state index contributed by atoms with van der Waals surface area (Å²) in [5.74, 6) is -1.51. The number of carbonyl (C=O) groups excluding carboxylic acids is 1. The Balaban J connectivity index is 2.10. The first kappa shape index (κ1) is 11.7. The highest BCUT2D eigenvalue weighted by molar-refractivity contribution is 5.95. The maximum atomic E-state index is 11.9. The highest BCUT2D eigenvalue weighted by atomic mass is 16.4. The minimum absolute atomic E-state index is 0.00324. The van der Waals surface area contributed by atoms with Crippen LogP contribution < -0.4 is 0 Å². The van der Waals surface area contributed by atoms with Crippen molar-refractivity contribution < 1.29 is 24.2 Å². The van der Waals surface area contributed by atoms with Gasteiger partial charge < -0.3 is 19.5 Å². The van der Waals surface area contributed by atoms with Gasteiger partial charge in [0.1, 0.15) is 6.26 Å². The van der Waals surface area contributed by atoms with Crippen LogP contribution in [0.2, 0.25) is 0 Å². The van der Waals surface area contributed by atoms with Crippen molar-refractivity contribution in [3.63, 3.8) is 0 Å². The molecule has 0 saturated carbocycles. The molecular formula is C11H13NO5. The van der Waals surface area contributed by atoms with E-state index in [0.717, 1.165) is 12.7 Å². The Morgan fingerprint density at radius 2 is 2.24 bits per heavy atom. The summed E-state index contributed by atoms with van der Waals surface area (Å²) in [7, 11) is 0. The van der Waals surface area contributed by atoms with E-state index in [1.54, 1.807) is 0 Å². The number of carboxylic acids is 1. The molecule has 1 fully saturated rings. The smallest absolute Gasteiger partial charge is 0.338 e. The first-order chi connectivity index (χ1) is 8.08. The molecule has 0 radical (unpaired) electrons. The summed E-state index contributed by atoms with van der Waals surface area (Å²) in [4.78, 5) is 24.0. The average molecular weight is 239 g/mol. The number of carbonyl (C=O) groups is 2. The number of furan rings is 1. The molecule has 1 atom stereocenters. The summed E-state index contributed by atoms with van der Waals surface area (Å²) >= 11 is 0. The fraction of sp³-hybridized carbons (Fsp3) is 0.455. The second-order valence-electron chi connectivity index (χ2n) is 4.05. The Kier molecular flexibility index (Phi) is 3.14. The number of aromatic carboxylic acids is 1. The molecule has 17 heavy (non-hydrogen) atoms. The average Bonchev–Trinajstić information content (AvgIpc) is 2.77. The zero-order chi connectivity index (χ0) is 12.4. The zero-order valence-electron chi connectivity index (χ0n) is 9.13. The van der Waals surface area contributed by atoms with Gasteiger partial charge in [0.05, 0.1) is 11.7 Å². The van der Waals surface area contributed by atoms with Crippen molar-refractivity contribution in [3.8, 4) is 0 Å². The van der Waals surface area contributed by atoms with Crippen LogP contribution in [0.15, 0.2) is 16.7 Å². The lowest BCUT2D eigenvalue weighted by Gasteiger charge is -2.29. The van der Waals surface area contributed by atoms with Gasteiger partial charge in [-0.05, 0) is 12.8 Å². The molecule has 2 rings (SSSR count). The Hall–Kier alpha value is -1.82. The van der Waals surface area contributed by atoms with E-state index in [4.69, 9.17) is 9.52 Å². The van der Waals surface area contributed by atoms with Crippen molar-refractivity contribution >= 4 is 11.9 Å². The lowest BCUT2D eigenvalue weighted by molar-refractivity contribution is 0.0448. The van der Waals surface area contributed by atoms with E-state index in [-0.39, 0.29) is 23.8 Å². The third-order valence-corrected chi connectivity index (χ3v) is 2.74. The van der Waals surface area contributed by atoms with Crippen molar-refractivity contribution in [3.05, 3.63) is 23.7 Å². The number of aliphatic hydroxyl groups is 1. The van der Waals surface area contributed by atoms with Gasteiger partial charge in [0.15, 0.2) is 5.76 Å². The predicted molar refractivity (Wildman–Crippen MR) is 56.8 cm³/mol. The standard InChI is InChI=1S/C11H13NO5/c13-8-2-1-3-12(5-8)10(14)9-4-7(6-17-9)11(15)16/h4,6,8,13H,1-3,5H2,(H,15,16). The van der Waals surface area contributed by atoms with E-state index in [1.807, 2.05) is 0 Å². The molecule has 0 spiro atoms. The Morgan fingerprint density at radius 3 is 2.82 bits per heavy atom. The number of hydrogen-bond donors (Lipinski definition) is 2. The number of amides is 1. The van der Waals surface area contributed by atoms with E-state index in [0.29, 0.717) is 13.0 Å². The second-order valence-corrected chi connectivity index (χ2v) is 4.05. The summed E-state index contributed by atoms with van der Waals surface area (Å²) in [5.41, 5.74) is -0.0501. The number of aliphatic hydroxyl groups excluding tert-OH is 1. The summed E-state index contributed by atoms with van der Waals surface area (Å²) in [6.07, 6.45) is 1.94. The van der Waals surface area contributed by atoms with Crippen molar-refractivity contribution in [2.45, 2.75) is 18.9 Å². The molecule has 6 nitrogen and oxygen atoms in total. The van der Waals surface area contributed by atoms with Gasteiger partial charge >= 0.3 is 5.97 Å². The maximum absolute atomic E-state index is 11.9. The zero-order valence-corrected chi connectivity index (χ0v) is 9.13. The van der Waals surface area contributed by atoms with Crippen LogP contribution in [-0.4, -0.2) is 46.2 Å². The fourth-order valence-corrected chi connectivity index (χ4v) is 1.86. The fourth-order valence-electron chi connectivity index (χ4n) is 1.86. The minimum atomic E-state index is -1.13. The number of piperidine rings is 1. The molecule has 92 valence electrons. The van der Waals surface area contributed by atoms with E-state index < -0.39 is 12.1 Å². The van der Waals surface area contributed by atoms with Gasteiger partial charge in [0, 0.05) is 19.2 Å². The third-order valence-electron chi connectivity index (χ3n) is 2.74. The Labute approximate surface area is 97.4 Å². The quantitative estimate of drug-likeness (QED) is 0.787. The van der Waals surface area contributed by atoms with Gasteiger partial charge in [-0.3, -0.25) is 4.79 Å². The predicted octanol–water partition coefficient (Wildman–Crippen LogP) is 0.575. The first-order valence-electron chi connectivity index (χ1n) is 5.37. The van der Waals surface area contributed by atoms with E-state index >= 15 is 0 Å². The second kappa shape index (κ2) is 4.58. The summed E-state index contributed by atoms with van der Waals surface area (Å²) < 4.78 is 4.92. The minimum Gasteiger partial charge on any atom is -0.478 e. The molecule has 0 bridgehead atoms. The highest BCUT2D eigenvalue weighted by Crippen LogP contribution is 2.15. The molecule has 2 N–H and O–H groups in total. The molecule has 1 amide bonds. The molecule has 1 aromatic rings. The van der Waals surface area contributed by atoms with Gasteiger partial charge in [-0.15, -0.1) is 0 Å². The number of nitrogens with zero attached hydrogens (tertiary/aromatic N) is 1. The monoisotopic (exact) mass is 239 g/mol. The normalized spacial score (nSPS) is 20.3. The maximum Gasteiger partial charge on any atom is 0.338 e. The van der Waals surface area contributed by atoms with Crippen LogP contribution in [0.5, 0.6) is 0 Å². The van der Waals surface area contributed by atoms with Crippen LogP contribution in [0.25, 0.3) is 0 Å². The molecule has 1 aliphatic rings. The van der Waals surface area contributed by atoms with E-state index in [2.05, 4.69) is 0 Å². The van der Waals surface area contributed by atoms with Crippen molar-refractivity contribution in [2.75, 3.05) is 13.1 Å². The molecule has 0 aliphatic carbocycles. The van der Waals surface area contributed by atoms with Crippen LogP contribution in [0.4, 0.5) is 0 Å². The van der Waals surface area contributed by atoms with Gasteiger partial charge in [-0.2, -0.15) is 0 Å². The molecule has 0 aromatic carbocycles. The largest absolute Gasteiger partial charge is 0.478 e.